The van der Waals surface area contributed by atoms with Crippen molar-refractivity contribution >= 4 is 22.4 Å². The summed E-state index contributed by atoms with van der Waals surface area (Å²) in [6.45, 7) is 21.9. The van der Waals surface area contributed by atoms with Gasteiger partial charge in [0.05, 0.1) is 12.5 Å². The SMILES string of the molecule is CC(C)(C)[Si](C)(C)OCCCn1ccnc1CC(NCc1ccc(CC(=O)O)cc1)c1nccn1COCC[Si](C)(C)C. The van der Waals surface area contributed by atoms with E-state index in [-0.39, 0.29) is 17.5 Å². The van der Waals surface area contributed by atoms with Crippen molar-refractivity contribution in [3.8, 4) is 0 Å². The van der Waals surface area contributed by atoms with Gasteiger partial charge in [0.1, 0.15) is 18.4 Å². The molecule has 9 nitrogen and oxygen atoms in total. The van der Waals surface area contributed by atoms with Crippen LogP contribution in [-0.2, 0) is 46.6 Å². The van der Waals surface area contributed by atoms with Crippen LogP contribution >= 0.6 is 0 Å². The summed E-state index contributed by atoms with van der Waals surface area (Å²) in [5.74, 6) is 1.08. The van der Waals surface area contributed by atoms with E-state index in [1.54, 1.807) is 0 Å². The number of rotatable bonds is 18. The first-order chi connectivity index (χ1) is 20.1. The maximum Gasteiger partial charge on any atom is 0.307 e. The fraction of sp³-hybridized carbons (Fsp3) is 0.594. The van der Waals surface area contributed by atoms with Crippen LogP contribution in [0.5, 0.6) is 0 Å². The van der Waals surface area contributed by atoms with Crippen LogP contribution in [0.2, 0.25) is 43.8 Å². The number of nitrogens with zero attached hydrogens (tertiary/aromatic N) is 4. The zero-order valence-corrected chi connectivity index (χ0v) is 29.5. The molecule has 0 saturated carbocycles. The van der Waals surface area contributed by atoms with Crippen LogP contribution in [0.25, 0.3) is 0 Å². The lowest BCUT2D eigenvalue weighted by Gasteiger charge is -2.36. The number of hydrogen-bond donors (Lipinski definition) is 2. The van der Waals surface area contributed by atoms with Crippen LogP contribution in [0.3, 0.4) is 0 Å². The minimum Gasteiger partial charge on any atom is -0.481 e. The van der Waals surface area contributed by atoms with Gasteiger partial charge in [0, 0.05) is 65.6 Å². The molecule has 2 N–H and O–H groups in total. The van der Waals surface area contributed by atoms with Crippen molar-refractivity contribution in [3.63, 3.8) is 0 Å². The van der Waals surface area contributed by atoms with Gasteiger partial charge in [-0.25, -0.2) is 9.97 Å². The highest BCUT2D eigenvalue weighted by molar-refractivity contribution is 6.76. The van der Waals surface area contributed by atoms with Gasteiger partial charge in [-0.2, -0.15) is 0 Å². The summed E-state index contributed by atoms with van der Waals surface area (Å²) in [6, 6.07) is 8.75. The first-order valence-electron chi connectivity index (χ1n) is 15.4. The minimum absolute atomic E-state index is 0.0229. The molecule has 1 aromatic carbocycles. The number of carbonyl (C=O) groups is 1. The highest BCUT2D eigenvalue weighted by atomic mass is 28.4. The van der Waals surface area contributed by atoms with Crippen molar-refractivity contribution in [1.29, 1.82) is 0 Å². The number of carboxylic acid groups (broad SMARTS) is 1. The molecule has 3 rings (SSSR count). The Balaban J connectivity index is 1.71. The van der Waals surface area contributed by atoms with Gasteiger partial charge in [-0.1, -0.05) is 64.7 Å². The van der Waals surface area contributed by atoms with Crippen LogP contribution in [0.4, 0.5) is 0 Å². The molecule has 1 unspecified atom stereocenters. The molecule has 0 fully saturated rings. The predicted molar refractivity (Wildman–Crippen MR) is 177 cm³/mol. The van der Waals surface area contributed by atoms with Crippen LogP contribution in [0.15, 0.2) is 49.1 Å². The molecule has 0 spiro atoms. The fourth-order valence-corrected chi connectivity index (χ4v) is 6.27. The molecule has 2 aromatic heterocycles. The van der Waals surface area contributed by atoms with E-state index in [1.165, 1.54) is 0 Å². The molecule has 0 saturated heterocycles. The van der Waals surface area contributed by atoms with E-state index in [0.717, 1.165) is 55.0 Å². The minimum atomic E-state index is -1.77. The molecular weight excluding hydrogens is 575 g/mol. The number of ether oxygens (including phenoxy) is 1. The summed E-state index contributed by atoms with van der Waals surface area (Å²) in [4.78, 5) is 20.6. The van der Waals surface area contributed by atoms with E-state index in [4.69, 9.17) is 24.2 Å². The molecule has 11 heteroatoms. The Bertz CT molecular complexity index is 1280. The Morgan fingerprint density at radius 2 is 1.63 bits per heavy atom. The first-order valence-corrected chi connectivity index (χ1v) is 22.0. The number of benzene rings is 1. The number of hydrogen-bond acceptors (Lipinski definition) is 6. The summed E-state index contributed by atoms with van der Waals surface area (Å²) >= 11 is 0. The topological polar surface area (TPSA) is 103 Å². The maximum absolute atomic E-state index is 11.1. The van der Waals surface area contributed by atoms with Gasteiger partial charge in [0.15, 0.2) is 8.32 Å². The molecule has 0 aliphatic rings. The molecule has 0 aliphatic heterocycles. The molecule has 1 atom stereocenters. The van der Waals surface area contributed by atoms with Crippen molar-refractivity contribution in [2.24, 2.45) is 0 Å². The standard InChI is InChI=1S/C32H53N5O4Si2/c1-32(2,3)43(7,8)41-19-9-16-36-17-14-33-29(36)23-28(35-24-27-12-10-26(11-13-27)22-30(38)39)31-34-15-18-37(31)25-40-20-21-42(4,5)6/h10-15,17-18,28,35H,9,16,19-25H2,1-8H3,(H,38,39). The largest absolute Gasteiger partial charge is 0.481 e. The molecule has 238 valence electrons. The van der Waals surface area contributed by atoms with Gasteiger partial charge >= 0.3 is 5.97 Å². The van der Waals surface area contributed by atoms with E-state index in [9.17, 15) is 4.79 Å². The lowest BCUT2D eigenvalue weighted by atomic mass is 10.1. The third-order valence-electron chi connectivity index (χ3n) is 8.22. The molecule has 0 aliphatic carbocycles. The zero-order chi connectivity index (χ0) is 31.7. The lowest BCUT2D eigenvalue weighted by Crippen LogP contribution is -2.41. The quantitative estimate of drug-likeness (QED) is 0.123. The third-order valence-corrected chi connectivity index (χ3v) is 14.5. The molecule has 0 bridgehead atoms. The van der Waals surface area contributed by atoms with Gasteiger partial charge in [-0.3, -0.25) is 4.79 Å². The molecular formula is C32H53N5O4Si2. The molecule has 0 amide bonds. The van der Waals surface area contributed by atoms with Crippen molar-refractivity contribution in [1.82, 2.24) is 24.4 Å². The Kier molecular flexibility index (Phi) is 12.5. The van der Waals surface area contributed by atoms with Crippen LogP contribution in [0, 0.1) is 0 Å². The maximum atomic E-state index is 11.1. The summed E-state index contributed by atoms with van der Waals surface area (Å²) < 4.78 is 16.8. The Hall–Kier alpha value is -2.58. The highest BCUT2D eigenvalue weighted by Crippen LogP contribution is 2.36. The van der Waals surface area contributed by atoms with Gasteiger partial charge in [0.25, 0.3) is 0 Å². The third kappa shape index (κ3) is 11.5. The van der Waals surface area contributed by atoms with Crippen LogP contribution in [0.1, 0.15) is 56.0 Å². The van der Waals surface area contributed by atoms with Gasteiger partial charge < -0.3 is 28.7 Å². The summed E-state index contributed by atoms with van der Waals surface area (Å²) in [5, 5.41) is 13.0. The van der Waals surface area contributed by atoms with E-state index in [1.807, 2.05) is 49.1 Å². The smallest absolute Gasteiger partial charge is 0.307 e. The van der Waals surface area contributed by atoms with Crippen molar-refractivity contribution < 1.29 is 19.1 Å². The number of aromatic nitrogens is 4. The number of imidazole rings is 2. The summed E-state index contributed by atoms with van der Waals surface area (Å²) in [5.41, 5.74) is 1.87. The van der Waals surface area contributed by atoms with Crippen molar-refractivity contribution in [3.05, 3.63) is 71.8 Å². The summed E-state index contributed by atoms with van der Waals surface area (Å²) in [6.07, 6.45) is 9.34. The number of carboxylic acids is 1. The second-order valence-electron chi connectivity index (χ2n) is 14.1. The van der Waals surface area contributed by atoms with Crippen molar-refractivity contribution in [2.75, 3.05) is 13.2 Å². The molecule has 2 heterocycles. The van der Waals surface area contributed by atoms with E-state index < -0.39 is 22.4 Å². The second kappa shape index (κ2) is 15.4. The van der Waals surface area contributed by atoms with Gasteiger partial charge in [0.2, 0.25) is 0 Å². The average molecular weight is 628 g/mol. The first kappa shape index (κ1) is 34.9. The van der Waals surface area contributed by atoms with E-state index >= 15 is 0 Å². The zero-order valence-electron chi connectivity index (χ0n) is 27.5. The second-order valence-corrected chi connectivity index (χ2v) is 24.6. The fourth-order valence-electron chi connectivity index (χ4n) is 4.42. The normalized spacial score (nSPS) is 13.4. The number of aliphatic carboxylic acids is 1. The van der Waals surface area contributed by atoms with E-state index in [2.05, 4.69) is 68.0 Å². The van der Waals surface area contributed by atoms with Crippen LogP contribution < -0.4 is 5.32 Å². The number of nitrogens with one attached hydrogen (secondary N) is 1. The van der Waals surface area contributed by atoms with Gasteiger partial charge in [-0.15, -0.1) is 0 Å². The summed E-state index contributed by atoms with van der Waals surface area (Å²) in [7, 11) is -2.95. The Labute approximate surface area is 260 Å². The molecule has 43 heavy (non-hydrogen) atoms. The Morgan fingerprint density at radius 3 is 2.28 bits per heavy atom. The van der Waals surface area contributed by atoms with E-state index in [0.29, 0.717) is 19.7 Å². The average Bonchev–Trinajstić information content (AvgIpc) is 3.55. The highest BCUT2D eigenvalue weighted by Gasteiger charge is 2.36. The number of aryl methyl sites for hydroxylation is 1. The monoisotopic (exact) mass is 627 g/mol. The van der Waals surface area contributed by atoms with Crippen LogP contribution in [-0.4, -0.2) is 59.8 Å². The molecule has 0 radical (unpaired) electrons. The lowest BCUT2D eigenvalue weighted by molar-refractivity contribution is -0.136. The molecule has 3 aromatic rings. The van der Waals surface area contributed by atoms with Gasteiger partial charge in [-0.05, 0) is 41.7 Å². The predicted octanol–water partition coefficient (Wildman–Crippen LogP) is 6.50. The Morgan fingerprint density at radius 1 is 0.977 bits per heavy atom. The van der Waals surface area contributed by atoms with Crippen molar-refractivity contribution in [2.45, 2.75) is 110 Å².